The molecule has 0 unspecified atom stereocenters. The van der Waals surface area contributed by atoms with E-state index in [2.05, 4.69) is 20.7 Å². The van der Waals surface area contributed by atoms with Crippen molar-refractivity contribution < 1.29 is 23.3 Å². The van der Waals surface area contributed by atoms with Crippen molar-refractivity contribution in [1.29, 1.82) is 0 Å². The molecule has 0 bridgehead atoms. The van der Waals surface area contributed by atoms with Crippen LogP contribution in [0.3, 0.4) is 0 Å². The summed E-state index contributed by atoms with van der Waals surface area (Å²) < 4.78 is 16.4. The first-order valence-corrected chi connectivity index (χ1v) is 11.0. The lowest BCUT2D eigenvalue weighted by atomic mass is 9.80. The highest BCUT2D eigenvalue weighted by Crippen LogP contribution is 2.37. The van der Waals surface area contributed by atoms with Gasteiger partial charge in [-0.25, -0.2) is 4.79 Å². The van der Waals surface area contributed by atoms with E-state index in [4.69, 9.17) is 13.7 Å². The van der Waals surface area contributed by atoms with Crippen LogP contribution in [0.2, 0.25) is 0 Å². The minimum Gasteiger partial charge on any atom is -0.449 e. The van der Waals surface area contributed by atoms with Crippen molar-refractivity contribution in [3.05, 3.63) is 89.8 Å². The summed E-state index contributed by atoms with van der Waals surface area (Å²) >= 11 is 0. The highest BCUT2D eigenvalue weighted by atomic mass is 16.6. The van der Waals surface area contributed by atoms with Gasteiger partial charge in [-0.15, -0.1) is 10.2 Å². The number of amides is 1. The number of aromatic nitrogens is 3. The average Bonchev–Trinajstić information content (AvgIpc) is 3.52. The normalized spacial score (nSPS) is 18.0. The van der Waals surface area contributed by atoms with Crippen LogP contribution in [-0.2, 0) is 4.74 Å². The second-order valence-electron chi connectivity index (χ2n) is 8.17. The van der Waals surface area contributed by atoms with E-state index in [-0.39, 0.29) is 29.5 Å². The summed E-state index contributed by atoms with van der Waals surface area (Å²) in [5, 5.41) is 15.0. The molecule has 172 valence electrons. The predicted molar refractivity (Wildman–Crippen MR) is 120 cm³/mol. The number of nitrogens with zero attached hydrogens (tertiary/aromatic N) is 3. The summed E-state index contributed by atoms with van der Waals surface area (Å²) in [4.78, 5) is 24.7. The second kappa shape index (κ2) is 9.30. The SMILES string of the molecule is C[C@@H](OC(=O)c1ccccc1)c1nnc(C2CC(NC(=O)c3cc(-c4ccccc4)on3)C2)o1. The molecule has 34 heavy (non-hydrogen) atoms. The van der Waals surface area contributed by atoms with Crippen molar-refractivity contribution in [3.63, 3.8) is 0 Å². The maximum Gasteiger partial charge on any atom is 0.338 e. The van der Waals surface area contributed by atoms with Crippen molar-refractivity contribution in [2.45, 2.75) is 37.8 Å². The summed E-state index contributed by atoms with van der Waals surface area (Å²) in [5.74, 6) is 0.529. The van der Waals surface area contributed by atoms with Gasteiger partial charge in [-0.05, 0) is 31.9 Å². The van der Waals surface area contributed by atoms with Crippen LogP contribution in [0.15, 0.2) is 75.7 Å². The van der Waals surface area contributed by atoms with E-state index in [9.17, 15) is 9.59 Å². The Kier molecular flexibility index (Phi) is 5.90. The predicted octanol–water partition coefficient (Wildman–Crippen LogP) is 4.32. The number of ether oxygens (including phenoxy) is 1. The number of hydrogen-bond donors (Lipinski definition) is 1. The van der Waals surface area contributed by atoms with Gasteiger partial charge in [-0.3, -0.25) is 4.79 Å². The molecular weight excluding hydrogens is 436 g/mol. The minimum absolute atomic E-state index is 0.0285. The maximum atomic E-state index is 12.5. The molecule has 1 fully saturated rings. The van der Waals surface area contributed by atoms with Crippen LogP contribution in [0.25, 0.3) is 11.3 Å². The standard InChI is InChI=1S/C25H22N4O5/c1-15(32-25(31)17-10-6-3-7-11-17)23-27-28-24(33-23)18-12-19(13-18)26-22(30)20-14-21(34-29-20)16-8-4-2-5-9-16/h2-11,14-15,18-19H,12-13H2,1H3,(H,26,30)/t15-,18?,19?/m1/s1. The third kappa shape index (κ3) is 4.59. The minimum atomic E-state index is -0.671. The number of carbonyl (C=O) groups is 2. The molecule has 1 aliphatic carbocycles. The lowest BCUT2D eigenvalue weighted by molar-refractivity contribution is 0.0274. The summed E-state index contributed by atoms with van der Waals surface area (Å²) in [6.45, 7) is 1.68. The Morgan fingerprint density at radius 3 is 2.47 bits per heavy atom. The van der Waals surface area contributed by atoms with Gasteiger partial charge in [0.15, 0.2) is 17.6 Å². The number of carbonyl (C=O) groups excluding carboxylic acids is 2. The van der Waals surface area contributed by atoms with Gasteiger partial charge in [-0.2, -0.15) is 0 Å². The summed E-state index contributed by atoms with van der Waals surface area (Å²) in [7, 11) is 0. The van der Waals surface area contributed by atoms with E-state index in [0.717, 1.165) is 5.56 Å². The Balaban J connectivity index is 1.12. The van der Waals surface area contributed by atoms with Crippen molar-refractivity contribution in [2.24, 2.45) is 0 Å². The van der Waals surface area contributed by atoms with Crippen molar-refractivity contribution in [1.82, 2.24) is 20.7 Å². The van der Waals surface area contributed by atoms with E-state index in [1.165, 1.54) is 0 Å². The third-order valence-electron chi connectivity index (χ3n) is 5.72. The molecule has 0 aliphatic heterocycles. The monoisotopic (exact) mass is 458 g/mol. The number of nitrogens with one attached hydrogen (secondary N) is 1. The molecule has 1 atom stereocenters. The van der Waals surface area contributed by atoms with Gasteiger partial charge in [0, 0.05) is 23.6 Å². The molecule has 1 amide bonds. The molecule has 2 aromatic carbocycles. The fraction of sp³-hybridized carbons (Fsp3) is 0.240. The Morgan fingerprint density at radius 2 is 1.74 bits per heavy atom. The van der Waals surface area contributed by atoms with Crippen molar-refractivity contribution in [2.75, 3.05) is 0 Å². The molecule has 9 heteroatoms. The van der Waals surface area contributed by atoms with Crippen LogP contribution < -0.4 is 5.32 Å². The molecule has 1 saturated carbocycles. The molecule has 0 saturated heterocycles. The molecule has 0 radical (unpaired) electrons. The van der Waals surface area contributed by atoms with E-state index >= 15 is 0 Å². The molecule has 2 heterocycles. The smallest absolute Gasteiger partial charge is 0.338 e. The molecule has 1 N–H and O–H groups in total. The fourth-order valence-electron chi connectivity index (χ4n) is 3.75. The largest absolute Gasteiger partial charge is 0.449 e. The zero-order valence-corrected chi connectivity index (χ0v) is 18.4. The molecule has 9 nitrogen and oxygen atoms in total. The number of rotatable bonds is 7. The molecule has 0 spiro atoms. The van der Waals surface area contributed by atoms with Crippen LogP contribution in [0.4, 0.5) is 0 Å². The first-order chi connectivity index (χ1) is 16.6. The molecular formula is C25H22N4O5. The van der Waals surface area contributed by atoms with Crippen LogP contribution >= 0.6 is 0 Å². The van der Waals surface area contributed by atoms with E-state index in [1.54, 1.807) is 37.3 Å². The van der Waals surface area contributed by atoms with E-state index in [0.29, 0.717) is 30.1 Å². The highest BCUT2D eigenvalue weighted by Gasteiger charge is 2.36. The van der Waals surface area contributed by atoms with Gasteiger partial charge in [0.25, 0.3) is 11.8 Å². The number of benzene rings is 2. The molecule has 4 aromatic rings. The maximum absolute atomic E-state index is 12.5. The Labute approximate surface area is 195 Å². The number of esters is 1. The Hall–Kier alpha value is -4.27. The zero-order valence-electron chi connectivity index (χ0n) is 18.4. The quantitative estimate of drug-likeness (QED) is 0.407. The van der Waals surface area contributed by atoms with Gasteiger partial charge in [-0.1, -0.05) is 53.7 Å². The lowest BCUT2D eigenvalue weighted by Gasteiger charge is -2.33. The van der Waals surface area contributed by atoms with E-state index in [1.807, 2.05) is 36.4 Å². The first-order valence-electron chi connectivity index (χ1n) is 11.0. The van der Waals surface area contributed by atoms with Crippen LogP contribution in [0, 0.1) is 0 Å². The van der Waals surface area contributed by atoms with Crippen molar-refractivity contribution in [3.8, 4) is 11.3 Å². The van der Waals surface area contributed by atoms with Gasteiger partial charge in [0.1, 0.15) is 0 Å². The Morgan fingerprint density at radius 1 is 1.03 bits per heavy atom. The topological polar surface area (TPSA) is 120 Å². The number of hydrogen-bond acceptors (Lipinski definition) is 8. The molecule has 5 rings (SSSR count). The van der Waals surface area contributed by atoms with E-state index < -0.39 is 12.1 Å². The molecule has 1 aliphatic rings. The van der Waals surface area contributed by atoms with Crippen LogP contribution in [0.5, 0.6) is 0 Å². The van der Waals surface area contributed by atoms with Gasteiger partial charge in [0.2, 0.25) is 5.89 Å². The first kappa shape index (κ1) is 21.6. The highest BCUT2D eigenvalue weighted by molar-refractivity contribution is 5.93. The second-order valence-corrected chi connectivity index (χ2v) is 8.17. The summed E-state index contributed by atoms with van der Waals surface area (Å²) in [6.07, 6.45) is 0.652. The lowest BCUT2D eigenvalue weighted by Crippen LogP contribution is -2.43. The zero-order chi connectivity index (χ0) is 23.5. The van der Waals surface area contributed by atoms with Crippen LogP contribution in [-0.4, -0.2) is 33.3 Å². The van der Waals surface area contributed by atoms with Gasteiger partial charge < -0.3 is 19.0 Å². The average molecular weight is 458 g/mol. The molecule has 2 aromatic heterocycles. The van der Waals surface area contributed by atoms with Gasteiger partial charge >= 0.3 is 5.97 Å². The fourth-order valence-corrected chi connectivity index (χ4v) is 3.75. The van der Waals surface area contributed by atoms with Crippen LogP contribution in [0.1, 0.15) is 64.4 Å². The van der Waals surface area contributed by atoms with Gasteiger partial charge in [0.05, 0.1) is 5.56 Å². The third-order valence-corrected chi connectivity index (χ3v) is 5.72. The summed E-state index contributed by atoms with van der Waals surface area (Å²) in [6, 6.07) is 19.8. The summed E-state index contributed by atoms with van der Waals surface area (Å²) in [5.41, 5.74) is 1.54. The Bertz CT molecular complexity index is 1280. The van der Waals surface area contributed by atoms with Crippen molar-refractivity contribution >= 4 is 11.9 Å².